The third-order valence-corrected chi connectivity index (χ3v) is 7.75. The first-order chi connectivity index (χ1) is 16.3. The molecule has 1 aliphatic rings. The van der Waals surface area contributed by atoms with Gasteiger partial charge in [0.25, 0.3) is 5.22 Å². The first-order valence-electron chi connectivity index (χ1n) is 10.9. The predicted molar refractivity (Wildman–Crippen MR) is 132 cm³/mol. The Labute approximate surface area is 203 Å². The second kappa shape index (κ2) is 10.5. The minimum atomic E-state index is -3.54. The van der Waals surface area contributed by atoms with Gasteiger partial charge in [-0.1, -0.05) is 59.3 Å². The van der Waals surface area contributed by atoms with Gasteiger partial charge in [0.2, 0.25) is 21.8 Å². The molecular formula is C24H26N4O4S2. The largest absolute Gasteiger partial charge is 0.411 e. The summed E-state index contributed by atoms with van der Waals surface area (Å²) in [7, 11) is -3.54. The fourth-order valence-corrected chi connectivity index (χ4v) is 5.54. The molecule has 0 bridgehead atoms. The number of thioether (sulfide) groups is 1. The van der Waals surface area contributed by atoms with Gasteiger partial charge in [-0.05, 0) is 37.6 Å². The predicted octanol–water partition coefficient (Wildman–Crippen LogP) is 3.59. The van der Waals surface area contributed by atoms with E-state index in [4.69, 9.17) is 4.42 Å². The molecule has 0 atom stereocenters. The molecule has 4 rings (SSSR count). The number of hydrogen-bond donors (Lipinski definition) is 0. The average Bonchev–Trinajstić information content (AvgIpc) is 3.31. The van der Waals surface area contributed by atoms with E-state index in [1.165, 1.54) is 21.5 Å². The summed E-state index contributed by atoms with van der Waals surface area (Å²) in [5, 5.41) is 9.68. The Balaban J connectivity index is 1.28. The molecule has 0 unspecified atom stereocenters. The van der Waals surface area contributed by atoms with Gasteiger partial charge in [0.1, 0.15) is 0 Å². The number of nitrogens with zero attached hydrogens (tertiary/aromatic N) is 4. The molecule has 3 aromatic rings. The van der Waals surface area contributed by atoms with Crippen molar-refractivity contribution >= 4 is 33.8 Å². The topological polar surface area (TPSA) is 96.6 Å². The van der Waals surface area contributed by atoms with Crippen LogP contribution in [0.4, 0.5) is 0 Å². The molecule has 2 heterocycles. The molecular weight excluding hydrogens is 472 g/mol. The first kappa shape index (κ1) is 24.2. The van der Waals surface area contributed by atoms with Crippen LogP contribution in [0.25, 0.3) is 17.5 Å². The summed E-state index contributed by atoms with van der Waals surface area (Å²) in [6.45, 7) is 5.22. The smallest absolute Gasteiger partial charge is 0.277 e. The van der Waals surface area contributed by atoms with Crippen molar-refractivity contribution in [3.8, 4) is 11.5 Å². The lowest BCUT2D eigenvalue weighted by Gasteiger charge is -2.33. The first-order valence-corrected chi connectivity index (χ1v) is 13.3. The van der Waals surface area contributed by atoms with Crippen molar-refractivity contribution < 1.29 is 17.6 Å². The van der Waals surface area contributed by atoms with Gasteiger partial charge in [0.15, 0.2) is 0 Å². The standard InChI is InChI=1S/C24H26N4O4S2/c1-18-14-19(2)16-21(15-18)23-25-26-24(32-23)33-17-22(29)27-9-11-28(12-10-27)34(30,31)13-8-20-6-4-3-5-7-20/h3-8,13-16H,9-12,17H2,1-2H3/b13-8+. The molecule has 10 heteroatoms. The third-order valence-electron chi connectivity index (χ3n) is 5.38. The summed E-state index contributed by atoms with van der Waals surface area (Å²) in [6.07, 6.45) is 1.58. The second-order valence-electron chi connectivity index (χ2n) is 8.08. The number of hydrogen-bond acceptors (Lipinski definition) is 7. The zero-order valence-corrected chi connectivity index (χ0v) is 20.7. The number of amides is 1. The molecule has 0 radical (unpaired) electrons. The Kier molecular flexibility index (Phi) is 7.50. The van der Waals surface area contributed by atoms with Gasteiger partial charge in [-0.3, -0.25) is 4.79 Å². The van der Waals surface area contributed by atoms with E-state index >= 15 is 0 Å². The summed E-state index contributed by atoms with van der Waals surface area (Å²) in [5.74, 6) is 0.479. The number of aryl methyl sites for hydroxylation is 2. The van der Waals surface area contributed by atoms with Gasteiger partial charge >= 0.3 is 0 Å². The number of sulfonamides is 1. The molecule has 0 N–H and O–H groups in total. The van der Waals surface area contributed by atoms with E-state index < -0.39 is 10.0 Å². The molecule has 1 aliphatic heterocycles. The lowest BCUT2D eigenvalue weighted by Crippen LogP contribution is -2.50. The highest BCUT2D eigenvalue weighted by Crippen LogP contribution is 2.25. The van der Waals surface area contributed by atoms with Crippen molar-refractivity contribution in [2.45, 2.75) is 19.1 Å². The summed E-state index contributed by atoms with van der Waals surface area (Å²) < 4.78 is 32.3. The van der Waals surface area contributed by atoms with Crippen LogP contribution < -0.4 is 0 Å². The van der Waals surface area contributed by atoms with Gasteiger partial charge in [0, 0.05) is 37.2 Å². The van der Waals surface area contributed by atoms with Crippen LogP contribution in [0, 0.1) is 13.8 Å². The summed E-state index contributed by atoms with van der Waals surface area (Å²) in [6, 6.07) is 15.3. The summed E-state index contributed by atoms with van der Waals surface area (Å²) in [5.41, 5.74) is 3.88. The van der Waals surface area contributed by atoms with Gasteiger partial charge in [0.05, 0.1) is 5.75 Å². The third kappa shape index (κ3) is 6.13. The quantitative estimate of drug-likeness (QED) is 0.459. The lowest BCUT2D eigenvalue weighted by atomic mass is 10.1. The van der Waals surface area contributed by atoms with Crippen LogP contribution in [0.1, 0.15) is 16.7 Å². The van der Waals surface area contributed by atoms with Crippen molar-refractivity contribution in [1.82, 2.24) is 19.4 Å². The molecule has 34 heavy (non-hydrogen) atoms. The molecule has 1 saturated heterocycles. The SMILES string of the molecule is Cc1cc(C)cc(-c2nnc(SCC(=O)N3CCN(S(=O)(=O)/C=C/c4ccccc4)CC3)o2)c1. The highest BCUT2D eigenvalue weighted by molar-refractivity contribution is 7.99. The highest BCUT2D eigenvalue weighted by atomic mass is 32.2. The number of carbonyl (C=O) groups is 1. The maximum atomic E-state index is 12.6. The van der Waals surface area contributed by atoms with Crippen LogP contribution in [-0.2, 0) is 14.8 Å². The minimum absolute atomic E-state index is 0.0898. The Bertz CT molecular complexity index is 1260. The average molecular weight is 499 g/mol. The molecule has 0 saturated carbocycles. The van der Waals surface area contributed by atoms with E-state index in [9.17, 15) is 13.2 Å². The molecule has 1 amide bonds. The summed E-state index contributed by atoms with van der Waals surface area (Å²) in [4.78, 5) is 14.3. The van der Waals surface area contributed by atoms with Crippen LogP contribution in [0.2, 0.25) is 0 Å². The lowest BCUT2D eigenvalue weighted by molar-refractivity contribution is -0.129. The molecule has 1 aromatic heterocycles. The number of rotatable bonds is 7. The normalized spacial score (nSPS) is 15.2. The van der Waals surface area contributed by atoms with Crippen molar-refractivity contribution in [3.05, 3.63) is 70.6 Å². The molecule has 178 valence electrons. The van der Waals surface area contributed by atoms with E-state index in [2.05, 4.69) is 16.3 Å². The molecule has 8 nitrogen and oxygen atoms in total. The van der Waals surface area contributed by atoms with Crippen LogP contribution in [0.3, 0.4) is 0 Å². The Morgan fingerprint density at radius 3 is 2.38 bits per heavy atom. The molecule has 2 aromatic carbocycles. The van der Waals surface area contributed by atoms with Gasteiger partial charge in [-0.25, -0.2) is 8.42 Å². The van der Waals surface area contributed by atoms with Crippen LogP contribution in [-0.4, -0.2) is 65.7 Å². The van der Waals surface area contributed by atoms with Gasteiger partial charge in [-0.15, -0.1) is 10.2 Å². The summed E-state index contributed by atoms with van der Waals surface area (Å²) >= 11 is 1.18. The van der Waals surface area contributed by atoms with Gasteiger partial charge < -0.3 is 9.32 Å². The van der Waals surface area contributed by atoms with Crippen molar-refractivity contribution in [3.63, 3.8) is 0 Å². The second-order valence-corrected chi connectivity index (χ2v) is 10.8. The van der Waals surface area contributed by atoms with E-state index in [1.54, 1.807) is 11.0 Å². The van der Waals surface area contributed by atoms with Crippen LogP contribution in [0.15, 0.2) is 63.6 Å². The zero-order chi connectivity index (χ0) is 24.1. The van der Waals surface area contributed by atoms with Crippen LogP contribution in [0.5, 0.6) is 0 Å². The van der Waals surface area contributed by atoms with Crippen molar-refractivity contribution in [1.29, 1.82) is 0 Å². The van der Waals surface area contributed by atoms with E-state index in [0.717, 1.165) is 22.3 Å². The fourth-order valence-electron chi connectivity index (χ4n) is 3.70. The zero-order valence-electron chi connectivity index (χ0n) is 19.0. The van der Waals surface area contributed by atoms with E-state index in [-0.39, 0.29) is 24.7 Å². The maximum Gasteiger partial charge on any atom is 0.277 e. The van der Waals surface area contributed by atoms with Crippen LogP contribution >= 0.6 is 11.8 Å². The number of carbonyl (C=O) groups excluding carboxylic acids is 1. The maximum absolute atomic E-state index is 12.6. The van der Waals surface area contributed by atoms with Crippen molar-refractivity contribution in [2.24, 2.45) is 0 Å². The van der Waals surface area contributed by atoms with E-state index in [0.29, 0.717) is 24.2 Å². The monoisotopic (exact) mass is 498 g/mol. The molecule has 0 spiro atoms. The minimum Gasteiger partial charge on any atom is -0.411 e. The van der Waals surface area contributed by atoms with E-state index in [1.807, 2.05) is 56.3 Å². The van der Waals surface area contributed by atoms with Gasteiger partial charge in [-0.2, -0.15) is 4.31 Å². The highest BCUT2D eigenvalue weighted by Gasteiger charge is 2.27. The Morgan fingerprint density at radius 2 is 1.71 bits per heavy atom. The number of aromatic nitrogens is 2. The number of benzene rings is 2. The fraction of sp³-hybridized carbons (Fsp3) is 0.292. The Hall–Kier alpha value is -2.95. The van der Waals surface area contributed by atoms with Crippen molar-refractivity contribution in [2.75, 3.05) is 31.9 Å². The molecule has 1 fully saturated rings. The number of piperazine rings is 1. The molecule has 0 aliphatic carbocycles. The Morgan fingerprint density at radius 1 is 1.03 bits per heavy atom.